The number of nitrogens with zero attached hydrogens (tertiary/aromatic N) is 1. The van der Waals surface area contributed by atoms with Gasteiger partial charge in [-0.2, -0.15) is 5.10 Å². The van der Waals surface area contributed by atoms with Crippen LogP contribution < -0.4 is 15.5 Å². The van der Waals surface area contributed by atoms with Gasteiger partial charge in [-0.15, -0.1) is 0 Å². The van der Waals surface area contributed by atoms with Crippen molar-refractivity contribution in [1.82, 2.24) is 10.7 Å². The van der Waals surface area contributed by atoms with E-state index in [-0.39, 0.29) is 5.75 Å². The molecule has 0 saturated carbocycles. The molecule has 0 aliphatic heterocycles. The Labute approximate surface area is 110 Å². The zero-order valence-electron chi connectivity index (χ0n) is 10.6. The Morgan fingerprint density at radius 2 is 2.16 bits per heavy atom. The van der Waals surface area contributed by atoms with Gasteiger partial charge in [0.15, 0.2) is 11.5 Å². The van der Waals surface area contributed by atoms with E-state index in [0.29, 0.717) is 17.9 Å². The minimum absolute atomic E-state index is 0.0963. The summed E-state index contributed by atoms with van der Waals surface area (Å²) in [6, 6.07) is 4.82. The molecule has 3 N–H and O–H groups in total. The van der Waals surface area contributed by atoms with E-state index >= 15 is 0 Å². The van der Waals surface area contributed by atoms with Gasteiger partial charge in [0, 0.05) is 12.1 Å². The number of amides is 2. The van der Waals surface area contributed by atoms with Gasteiger partial charge in [0.1, 0.15) is 0 Å². The highest BCUT2D eigenvalue weighted by Crippen LogP contribution is 2.27. The van der Waals surface area contributed by atoms with Crippen molar-refractivity contribution in [1.29, 1.82) is 0 Å². The van der Waals surface area contributed by atoms with Crippen molar-refractivity contribution in [2.45, 2.75) is 6.92 Å². The summed E-state index contributed by atoms with van der Waals surface area (Å²) >= 11 is 0. The van der Waals surface area contributed by atoms with E-state index < -0.39 is 11.8 Å². The number of rotatable bonds is 4. The highest BCUT2D eigenvalue weighted by Gasteiger charge is 2.10. The Balaban J connectivity index is 2.68. The maximum Gasteiger partial charge on any atom is 0.329 e. The third kappa shape index (κ3) is 3.98. The Morgan fingerprint density at radius 3 is 2.79 bits per heavy atom. The topological polar surface area (TPSA) is 100 Å². The lowest BCUT2D eigenvalue weighted by Crippen LogP contribution is -2.37. The number of nitrogens with one attached hydrogen (secondary N) is 2. The third-order valence-electron chi connectivity index (χ3n) is 2.16. The second kappa shape index (κ2) is 7.00. The van der Waals surface area contributed by atoms with Crippen LogP contribution in [0.1, 0.15) is 12.5 Å². The van der Waals surface area contributed by atoms with Crippen molar-refractivity contribution in [3.05, 3.63) is 23.8 Å². The van der Waals surface area contributed by atoms with Crippen molar-refractivity contribution >= 4 is 18.0 Å². The number of aromatic hydroxyl groups is 1. The molecule has 0 aliphatic rings. The fourth-order valence-electron chi connectivity index (χ4n) is 1.26. The van der Waals surface area contributed by atoms with Crippen molar-refractivity contribution in [2.75, 3.05) is 13.7 Å². The van der Waals surface area contributed by atoms with Gasteiger partial charge in [0.05, 0.1) is 13.3 Å². The number of carbonyl (C=O) groups is 2. The third-order valence-corrected chi connectivity index (χ3v) is 2.16. The Hall–Kier alpha value is -2.57. The van der Waals surface area contributed by atoms with Crippen LogP contribution in [0.5, 0.6) is 11.5 Å². The molecule has 0 atom stereocenters. The lowest BCUT2D eigenvalue weighted by molar-refractivity contribution is -0.139. The standard InChI is InChI=1S/C12H15N3O4/c1-3-13-11(17)12(18)15-14-7-8-5-4-6-9(19-2)10(8)16/h4-7,16H,3H2,1-2H3,(H,13,17)(H,15,18)/b14-7+. The molecule has 19 heavy (non-hydrogen) atoms. The van der Waals surface area contributed by atoms with Gasteiger partial charge < -0.3 is 15.2 Å². The number of hydrogen-bond acceptors (Lipinski definition) is 5. The monoisotopic (exact) mass is 265 g/mol. The van der Waals surface area contributed by atoms with Gasteiger partial charge in [0.2, 0.25) is 0 Å². The molecule has 7 nitrogen and oxygen atoms in total. The van der Waals surface area contributed by atoms with Crippen LogP contribution in [0.3, 0.4) is 0 Å². The predicted molar refractivity (Wildman–Crippen MR) is 69.1 cm³/mol. The molecule has 1 aromatic carbocycles. The molecule has 102 valence electrons. The lowest BCUT2D eigenvalue weighted by Gasteiger charge is -2.04. The number of phenolic OH excluding ortho intramolecular Hbond substituents is 1. The quantitative estimate of drug-likeness (QED) is 0.405. The largest absolute Gasteiger partial charge is 0.504 e. The number of hydrazone groups is 1. The number of benzene rings is 1. The highest BCUT2D eigenvalue weighted by molar-refractivity contribution is 6.35. The lowest BCUT2D eigenvalue weighted by atomic mass is 10.2. The summed E-state index contributed by atoms with van der Waals surface area (Å²) in [4.78, 5) is 22.3. The molecule has 0 spiro atoms. The number of hydrogen-bond donors (Lipinski definition) is 3. The maximum absolute atomic E-state index is 11.2. The molecule has 0 unspecified atom stereocenters. The van der Waals surface area contributed by atoms with Crippen LogP contribution in [-0.2, 0) is 9.59 Å². The smallest absolute Gasteiger partial charge is 0.329 e. The number of ether oxygens (including phenoxy) is 1. The zero-order chi connectivity index (χ0) is 14.3. The molecule has 0 heterocycles. The summed E-state index contributed by atoms with van der Waals surface area (Å²) in [5.41, 5.74) is 2.40. The molecule has 0 radical (unpaired) electrons. The Morgan fingerprint density at radius 1 is 1.42 bits per heavy atom. The van der Waals surface area contributed by atoms with Gasteiger partial charge >= 0.3 is 11.8 Å². The average Bonchev–Trinajstić information content (AvgIpc) is 2.40. The van der Waals surface area contributed by atoms with Crippen LogP contribution in [0.15, 0.2) is 23.3 Å². The minimum Gasteiger partial charge on any atom is -0.504 e. The first-order valence-corrected chi connectivity index (χ1v) is 5.57. The molecule has 0 bridgehead atoms. The van der Waals surface area contributed by atoms with E-state index in [9.17, 15) is 14.7 Å². The summed E-state index contributed by atoms with van der Waals surface area (Å²) < 4.78 is 4.92. The van der Waals surface area contributed by atoms with Crippen molar-refractivity contribution < 1.29 is 19.4 Å². The average molecular weight is 265 g/mol. The van der Waals surface area contributed by atoms with Gasteiger partial charge in [0.25, 0.3) is 0 Å². The molecule has 2 amide bonds. The fourth-order valence-corrected chi connectivity index (χ4v) is 1.26. The molecule has 0 fully saturated rings. The molecule has 1 rings (SSSR count). The summed E-state index contributed by atoms with van der Waals surface area (Å²) in [5, 5.41) is 15.6. The SMILES string of the molecule is CCNC(=O)C(=O)N/N=C/c1cccc(OC)c1O. The van der Waals surface area contributed by atoms with E-state index in [4.69, 9.17) is 4.74 Å². The van der Waals surface area contributed by atoms with Crippen LogP contribution in [0, 0.1) is 0 Å². The number of likely N-dealkylation sites (N-methyl/N-ethyl adjacent to an activating group) is 1. The highest BCUT2D eigenvalue weighted by atomic mass is 16.5. The second-order valence-corrected chi connectivity index (χ2v) is 3.46. The Kier molecular flexibility index (Phi) is 5.34. The minimum atomic E-state index is -0.875. The number of methoxy groups -OCH3 is 1. The van der Waals surface area contributed by atoms with Crippen LogP contribution in [0.25, 0.3) is 0 Å². The van der Waals surface area contributed by atoms with Crippen LogP contribution in [0.2, 0.25) is 0 Å². The number of phenols is 1. The molecule has 7 heteroatoms. The fraction of sp³-hybridized carbons (Fsp3) is 0.250. The first-order valence-electron chi connectivity index (χ1n) is 5.57. The predicted octanol–water partition coefficient (Wildman–Crippen LogP) is -0.0130. The molecule has 0 aliphatic carbocycles. The van der Waals surface area contributed by atoms with Gasteiger partial charge in [-0.1, -0.05) is 6.07 Å². The number of para-hydroxylation sites is 1. The first-order chi connectivity index (χ1) is 9.10. The van der Waals surface area contributed by atoms with Crippen LogP contribution >= 0.6 is 0 Å². The van der Waals surface area contributed by atoms with E-state index in [1.165, 1.54) is 13.3 Å². The van der Waals surface area contributed by atoms with Gasteiger partial charge in [-0.05, 0) is 19.1 Å². The van der Waals surface area contributed by atoms with Crippen molar-refractivity contribution in [3.63, 3.8) is 0 Å². The summed E-state index contributed by atoms with van der Waals surface area (Å²) in [5.74, 6) is -1.45. The van der Waals surface area contributed by atoms with Crippen LogP contribution in [0.4, 0.5) is 0 Å². The normalized spacial score (nSPS) is 10.2. The zero-order valence-corrected chi connectivity index (χ0v) is 10.6. The van der Waals surface area contributed by atoms with Crippen molar-refractivity contribution in [3.8, 4) is 11.5 Å². The van der Waals surface area contributed by atoms with Gasteiger partial charge in [-0.3, -0.25) is 9.59 Å². The van der Waals surface area contributed by atoms with E-state index in [1.807, 2.05) is 5.43 Å². The molecule has 0 aromatic heterocycles. The van der Waals surface area contributed by atoms with E-state index in [1.54, 1.807) is 25.1 Å². The molecule has 1 aromatic rings. The van der Waals surface area contributed by atoms with E-state index in [0.717, 1.165) is 0 Å². The van der Waals surface area contributed by atoms with Crippen LogP contribution in [-0.4, -0.2) is 36.8 Å². The van der Waals surface area contributed by atoms with Gasteiger partial charge in [-0.25, -0.2) is 5.43 Å². The summed E-state index contributed by atoms with van der Waals surface area (Å²) in [6.45, 7) is 2.05. The second-order valence-electron chi connectivity index (χ2n) is 3.46. The summed E-state index contributed by atoms with van der Waals surface area (Å²) in [6.07, 6.45) is 1.22. The molecule has 0 saturated heterocycles. The number of carbonyl (C=O) groups excluding carboxylic acids is 2. The molecular weight excluding hydrogens is 250 g/mol. The van der Waals surface area contributed by atoms with E-state index in [2.05, 4.69) is 10.4 Å². The first kappa shape index (κ1) is 14.5. The van der Waals surface area contributed by atoms with Crippen molar-refractivity contribution in [2.24, 2.45) is 5.10 Å². The maximum atomic E-state index is 11.2. The summed E-state index contributed by atoms with van der Waals surface area (Å²) in [7, 11) is 1.42. The molecular formula is C12H15N3O4. The Bertz CT molecular complexity index is 500.